The van der Waals surface area contributed by atoms with Gasteiger partial charge in [0.25, 0.3) is 0 Å². The van der Waals surface area contributed by atoms with Crippen LogP contribution in [0.25, 0.3) is 10.8 Å². The van der Waals surface area contributed by atoms with Gasteiger partial charge in [-0.15, -0.1) is 0 Å². The van der Waals surface area contributed by atoms with E-state index in [1.54, 1.807) is 6.20 Å². The average Bonchev–Trinajstić information content (AvgIpc) is 2.49. The maximum Gasteiger partial charge on any atom is 0.321 e. The first-order valence-electron chi connectivity index (χ1n) is 6.42. The van der Waals surface area contributed by atoms with Crippen molar-refractivity contribution in [2.45, 2.75) is 0 Å². The maximum absolute atomic E-state index is 12.3. The summed E-state index contributed by atoms with van der Waals surface area (Å²) in [5, 5.41) is 5.18. The second-order valence-electron chi connectivity index (χ2n) is 4.53. The highest BCUT2D eigenvalue weighted by atomic mass is 35.5. The topological polar surface area (TPSA) is 45.2 Å². The van der Waals surface area contributed by atoms with Crippen molar-refractivity contribution in [3.05, 3.63) is 35.6 Å². The van der Waals surface area contributed by atoms with E-state index in [1.165, 1.54) is 0 Å². The first-order valence-corrected chi connectivity index (χ1v) is 7.96. The summed E-state index contributed by atoms with van der Waals surface area (Å²) in [5.74, 6) is 2.00. The summed E-state index contributed by atoms with van der Waals surface area (Å²) in [5.41, 5.74) is 0.773. The summed E-state index contributed by atoms with van der Waals surface area (Å²) in [6.45, 7) is 1.59. The second kappa shape index (κ2) is 5.89. The van der Waals surface area contributed by atoms with Crippen LogP contribution in [0.1, 0.15) is 0 Å². The number of pyridine rings is 1. The Bertz CT molecular complexity index is 643. The number of carbonyl (C=O) groups is 1. The molecule has 104 valence electrons. The number of hydrogen-bond acceptors (Lipinski definition) is 3. The van der Waals surface area contributed by atoms with Gasteiger partial charge in [-0.3, -0.25) is 0 Å². The van der Waals surface area contributed by atoms with Crippen LogP contribution in [-0.4, -0.2) is 40.5 Å². The van der Waals surface area contributed by atoms with Gasteiger partial charge in [0.1, 0.15) is 5.15 Å². The van der Waals surface area contributed by atoms with Gasteiger partial charge in [-0.2, -0.15) is 11.8 Å². The molecular weight excluding hydrogens is 294 g/mol. The molecule has 2 heterocycles. The zero-order valence-corrected chi connectivity index (χ0v) is 12.4. The normalized spacial score (nSPS) is 15.3. The van der Waals surface area contributed by atoms with Gasteiger partial charge in [-0.25, -0.2) is 9.78 Å². The first kappa shape index (κ1) is 13.5. The summed E-state index contributed by atoms with van der Waals surface area (Å²) in [7, 11) is 0. The molecule has 1 aromatic heterocycles. The van der Waals surface area contributed by atoms with Crippen LogP contribution in [0.15, 0.2) is 30.5 Å². The fourth-order valence-corrected chi connectivity index (χ4v) is 3.37. The smallest absolute Gasteiger partial charge is 0.321 e. The third kappa shape index (κ3) is 2.69. The lowest BCUT2D eigenvalue weighted by Crippen LogP contribution is -2.40. The number of nitrogens with one attached hydrogen (secondary N) is 1. The number of halogens is 1. The number of hydrogen-bond donors (Lipinski definition) is 1. The average molecular weight is 308 g/mol. The molecule has 4 nitrogen and oxygen atoms in total. The van der Waals surface area contributed by atoms with Gasteiger partial charge in [0, 0.05) is 41.6 Å². The summed E-state index contributed by atoms with van der Waals surface area (Å²) in [4.78, 5) is 18.2. The Hall–Kier alpha value is -1.46. The first-order chi connectivity index (χ1) is 9.75. The minimum Gasteiger partial charge on any atom is -0.323 e. The lowest BCUT2D eigenvalue weighted by Gasteiger charge is -2.26. The van der Waals surface area contributed by atoms with Crippen molar-refractivity contribution in [1.82, 2.24) is 9.88 Å². The van der Waals surface area contributed by atoms with Crippen LogP contribution in [0.4, 0.5) is 10.5 Å². The molecule has 3 rings (SSSR count). The van der Waals surface area contributed by atoms with Crippen molar-refractivity contribution < 1.29 is 4.79 Å². The molecule has 1 fully saturated rings. The molecule has 6 heteroatoms. The van der Waals surface area contributed by atoms with Crippen LogP contribution in [0.3, 0.4) is 0 Å². The molecule has 0 aliphatic carbocycles. The molecule has 1 aliphatic heterocycles. The lowest BCUT2D eigenvalue weighted by molar-refractivity contribution is 0.217. The van der Waals surface area contributed by atoms with E-state index in [0.717, 1.165) is 41.1 Å². The molecule has 0 saturated carbocycles. The van der Waals surface area contributed by atoms with Gasteiger partial charge < -0.3 is 10.2 Å². The quantitative estimate of drug-likeness (QED) is 0.821. The van der Waals surface area contributed by atoms with Crippen molar-refractivity contribution in [1.29, 1.82) is 0 Å². The monoisotopic (exact) mass is 307 g/mol. The predicted octanol–water partition coefficient (Wildman–Crippen LogP) is 3.47. The van der Waals surface area contributed by atoms with E-state index in [0.29, 0.717) is 5.15 Å². The van der Waals surface area contributed by atoms with Gasteiger partial charge in [0.15, 0.2) is 0 Å². The number of urea groups is 1. The molecular formula is C14H14ClN3OS. The van der Waals surface area contributed by atoms with Crippen LogP contribution >= 0.6 is 23.4 Å². The van der Waals surface area contributed by atoms with Gasteiger partial charge in [0.05, 0.1) is 5.69 Å². The molecule has 0 bridgehead atoms. The van der Waals surface area contributed by atoms with Crippen LogP contribution in [0.5, 0.6) is 0 Å². The molecule has 0 unspecified atom stereocenters. The highest BCUT2D eigenvalue weighted by molar-refractivity contribution is 7.99. The predicted molar refractivity (Wildman–Crippen MR) is 84.7 cm³/mol. The van der Waals surface area contributed by atoms with Crippen molar-refractivity contribution in [2.75, 3.05) is 29.9 Å². The molecule has 0 atom stereocenters. The second-order valence-corrected chi connectivity index (χ2v) is 6.11. The van der Waals surface area contributed by atoms with Crippen LogP contribution < -0.4 is 5.32 Å². The molecule has 0 spiro atoms. The van der Waals surface area contributed by atoms with Crippen LogP contribution in [-0.2, 0) is 0 Å². The molecule has 2 aromatic rings. The molecule has 0 radical (unpaired) electrons. The maximum atomic E-state index is 12.3. The van der Waals surface area contributed by atoms with E-state index >= 15 is 0 Å². The standard InChI is InChI=1S/C14H14ClN3OS/c15-13-11-2-1-3-12(10(11)4-5-16-13)17-14(19)18-6-8-20-9-7-18/h1-5H,6-9H2,(H,17,19). The Labute approximate surface area is 126 Å². The fraction of sp³-hybridized carbons (Fsp3) is 0.286. The van der Waals surface area contributed by atoms with Crippen molar-refractivity contribution in [2.24, 2.45) is 0 Å². The zero-order valence-electron chi connectivity index (χ0n) is 10.8. The number of thioether (sulfide) groups is 1. The van der Waals surface area contributed by atoms with Crippen LogP contribution in [0, 0.1) is 0 Å². The van der Waals surface area contributed by atoms with Gasteiger partial charge in [-0.1, -0.05) is 23.7 Å². The third-order valence-electron chi connectivity index (χ3n) is 3.30. The summed E-state index contributed by atoms with van der Waals surface area (Å²) in [6, 6.07) is 7.47. The van der Waals surface area contributed by atoms with Crippen molar-refractivity contribution in [3.63, 3.8) is 0 Å². The highest BCUT2D eigenvalue weighted by Gasteiger charge is 2.17. The van der Waals surface area contributed by atoms with E-state index in [4.69, 9.17) is 11.6 Å². The minimum absolute atomic E-state index is 0.0502. The third-order valence-corrected chi connectivity index (χ3v) is 4.54. The Morgan fingerprint density at radius 1 is 1.25 bits per heavy atom. The largest absolute Gasteiger partial charge is 0.323 e. The number of anilines is 1. The highest BCUT2D eigenvalue weighted by Crippen LogP contribution is 2.27. The van der Waals surface area contributed by atoms with Gasteiger partial charge in [-0.05, 0) is 12.1 Å². The Morgan fingerprint density at radius 3 is 2.85 bits per heavy atom. The number of rotatable bonds is 1. The number of carbonyl (C=O) groups excluding carboxylic acids is 1. The van der Waals surface area contributed by atoms with Crippen molar-refractivity contribution >= 4 is 45.9 Å². The molecule has 1 N–H and O–H groups in total. The van der Waals surface area contributed by atoms with E-state index in [-0.39, 0.29) is 6.03 Å². The summed E-state index contributed by atoms with van der Waals surface area (Å²) >= 11 is 7.96. The number of benzene rings is 1. The molecule has 20 heavy (non-hydrogen) atoms. The summed E-state index contributed by atoms with van der Waals surface area (Å²) < 4.78 is 0. The number of nitrogens with zero attached hydrogens (tertiary/aromatic N) is 2. The molecule has 1 aromatic carbocycles. The number of fused-ring (bicyclic) bond motifs is 1. The number of amides is 2. The van der Waals surface area contributed by atoms with E-state index < -0.39 is 0 Å². The van der Waals surface area contributed by atoms with Gasteiger partial charge >= 0.3 is 6.03 Å². The summed E-state index contributed by atoms with van der Waals surface area (Å²) in [6.07, 6.45) is 1.65. The number of aromatic nitrogens is 1. The van der Waals surface area contributed by atoms with Gasteiger partial charge in [0.2, 0.25) is 0 Å². The van der Waals surface area contributed by atoms with Crippen molar-refractivity contribution in [3.8, 4) is 0 Å². The zero-order chi connectivity index (χ0) is 13.9. The Balaban J connectivity index is 1.87. The van der Waals surface area contributed by atoms with E-state index in [2.05, 4.69) is 10.3 Å². The Kier molecular flexibility index (Phi) is 3.98. The lowest BCUT2D eigenvalue weighted by atomic mass is 10.1. The van der Waals surface area contributed by atoms with Crippen LogP contribution in [0.2, 0.25) is 5.15 Å². The SMILES string of the molecule is O=C(Nc1cccc2c(Cl)nccc12)N1CCSCC1. The Morgan fingerprint density at radius 2 is 2.05 bits per heavy atom. The van der Waals surface area contributed by atoms with E-state index in [9.17, 15) is 4.79 Å². The molecule has 2 amide bonds. The molecule has 1 saturated heterocycles. The molecule has 1 aliphatic rings. The fourth-order valence-electron chi connectivity index (χ4n) is 2.24. The minimum atomic E-state index is -0.0502. The van der Waals surface area contributed by atoms with E-state index in [1.807, 2.05) is 40.9 Å².